The lowest BCUT2D eigenvalue weighted by molar-refractivity contribution is -0.918. The molecule has 84 valence electrons. The fourth-order valence-electron chi connectivity index (χ4n) is 1.73. The Morgan fingerprint density at radius 1 is 1.27 bits per heavy atom. The summed E-state index contributed by atoms with van der Waals surface area (Å²) in [6.45, 7) is 2.54. The lowest BCUT2D eigenvalue weighted by Crippen LogP contribution is -2.49. The minimum Gasteiger partial charge on any atom is -0.386 e. The summed E-state index contributed by atoms with van der Waals surface area (Å²) in [6, 6.07) is 10.2. The van der Waals surface area contributed by atoms with E-state index in [9.17, 15) is 5.11 Å². The summed E-state index contributed by atoms with van der Waals surface area (Å²) in [5, 5.41) is 9.49. The number of alkyl halides is 1. The summed E-state index contributed by atoms with van der Waals surface area (Å²) < 4.78 is 0.573. The van der Waals surface area contributed by atoms with Crippen LogP contribution in [0.2, 0.25) is 0 Å². The average Bonchev–Trinajstić information content (AvgIpc) is 2.17. The van der Waals surface area contributed by atoms with E-state index in [0.717, 1.165) is 6.54 Å². The van der Waals surface area contributed by atoms with Gasteiger partial charge in [-0.1, -0.05) is 41.9 Å². The zero-order valence-corrected chi connectivity index (χ0v) is 10.3. The molecule has 2 nitrogen and oxygen atoms in total. The summed E-state index contributed by atoms with van der Waals surface area (Å²) in [6.07, 6.45) is -0.509. The topological polar surface area (TPSA) is 20.2 Å². The Kier molecular flexibility index (Phi) is 4.14. The number of quaternary nitrogens is 1. The van der Waals surface area contributed by atoms with Gasteiger partial charge < -0.3 is 9.59 Å². The Hall–Kier alpha value is -0.570. The molecule has 0 amide bonds. The Bertz CT molecular complexity index is 298. The fraction of sp³-hybridized carbons (Fsp3) is 0.500. The highest BCUT2D eigenvalue weighted by Gasteiger charge is 2.30. The molecule has 0 saturated carbocycles. The molecule has 2 unspecified atom stereocenters. The summed E-state index contributed by atoms with van der Waals surface area (Å²) in [7, 11) is 4.05. The number of hydrogen-bond acceptors (Lipinski definition) is 1. The van der Waals surface area contributed by atoms with Gasteiger partial charge in [0, 0.05) is 5.56 Å². The van der Waals surface area contributed by atoms with Crippen molar-refractivity contribution in [3.8, 4) is 0 Å². The van der Waals surface area contributed by atoms with E-state index in [4.69, 9.17) is 11.6 Å². The molecular formula is C12H19ClNO+. The standard InChI is InChI=1S/C12H19ClNO/c1-10(15)12(13)14(2,3)9-11-7-5-4-6-8-11/h4-8,10,12,15H,9H2,1-3H3/q+1. The molecule has 3 heteroatoms. The number of aliphatic hydroxyl groups is 1. The van der Waals surface area contributed by atoms with Crippen LogP contribution < -0.4 is 0 Å². The van der Waals surface area contributed by atoms with Gasteiger partial charge in [0.2, 0.25) is 0 Å². The summed E-state index contributed by atoms with van der Waals surface area (Å²) in [5.41, 5.74) is 0.944. The molecule has 0 fully saturated rings. The zero-order chi connectivity index (χ0) is 11.5. The Balaban J connectivity index is 2.72. The van der Waals surface area contributed by atoms with Crippen molar-refractivity contribution >= 4 is 11.6 Å². The highest BCUT2D eigenvalue weighted by Crippen LogP contribution is 2.19. The monoisotopic (exact) mass is 228 g/mol. The molecule has 0 aliphatic rings. The molecule has 1 rings (SSSR count). The molecule has 0 radical (unpaired) electrons. The van der Waals surface area contributed by atoms with E-state index in [2.05, 4.69) is 12.1 Å². The highest BCUT2D eigenvalue weighted by molar-refractivity contribution is 6.19. The van der Waals surface area contributed by atoms with Gasteiger partial charge in [-0.3, -0.25) is 0 Å². The van der Waals surface area contributed by atoms with Gasteiger partial charge in [0.15, 0.2) is 5.50 Å². The number of nitrogens with zero attached hydrogens (tertiary/aromatic N) is 1. The number of hydrogen-bond donors (Lipinski definition) is 1. The van der Waals surface area contributed by atoms with Gasteiger partial charge in [0.25, 0.3) is 0 Å². The summed E-state index contributed by atoms with van der Waals surface area (Å²) in [5.74, 6) is 0. The van der Waals surface area contributed by atoms with Crippen LogP contribution in [-0.2, 0) is 6.54 Å². The Labute approximate surface area is 96.7 Å². The number of benzene rings is 1. The normalized spacial score (nSPS) is 16.1. The molecule has 2 atom stereocenters. The maximum absolute atomic E-state index is 9.49. The molecule has 15 heavy (non-hydrogen) atoms. The van der Waals surface area contributed by atoms with Crippen LogP contribution in [0.15, 0.2) is 30.3 Å². The van der Waals surface area contributed by atoms with E-state index in [-0.39, 0.29) is 5.50 Å². The van der Waals surface area contributed by atoms with Gasteiger partial charge in [-0.05, 0) is 6.92 Å². The minimum atomic E-state index is -0.509. The van der Waals surface area contributed by atoms with E-state index in [1.54, 1.807) is 6.92 Å². The van der Waals surface area contributed by atoms with Crippen LogP contribution in [0.25, 0.3) is 0 Å². The van der Waals surface area contributed by atoms with Crippen LogP contribution in [0.5, 0.6) is 0 Å². The lowest BCUT2D eigenvalue weighted by Gasteiger charge is -2.35. The van der Waals surface area contributed by atoms with Crippen molar-refractivity contribution in [1.29, 1.82) is 0 Å². The van der Waals surface area contributed by atoms with E-state index >= 15 is 0 Å². The number of rotatable bonds is 4. The molecule has 0 aromatic heterocycles. The number of aliphatic hydroxyl groups excluding tert-OH is 1. The minimum absolute atomic E-state index is 0.287. The quantitative estimate of drug-likeness (QED) is 0.476. The molecule has 1 aromatic rings. The molecule has 1 N–H and O–H groups in total. The lowest BCUT2D eigenvalue weighted by atomic mass is 10.2. The first kappa shape index (κ1) is 12.5. The van der Waals surface area contributed by atoms with Crippen LogP contribution in [0, 0.1) is 0 Å². The Morgan fingerprint density at radius 2 is 1.80 bits per heavy atom. The van der Waals surface area contributed by atoms with E-state index in [0.29, 0.717) is 4.48 Å². The highest BCUT2D eigenvalue weighted by atomic mass is 35.5. The van der Waals surface area contributed by atoms with Crippen LogP contribution in [0.4, 0.5) is 0 Å². The van der Waals surface area contributed by atoms with Crippen molar-refractivity contribution in [1.82, 2.24) is 0 Å². The largest absolute Gasteiger partial charge is 0.386 e. The van der Waals surface area contributed by atoms with Gasteiger partial charge in [0.1, 0.15) is 12.6 Å². The fourth-order valence-corrected chi connectivity index (χ4v) is 1.79. The number of halogens is 1. The van der Waals surface area contributed by atoms with Crippen LogP contribution in [0.3, 0.4) is 0 Å². The molecule has 0 bridgehead atoms. The first-order valence-corrected chi connectivity index (χ1v) is 5.56. The van der Waals surface area contributed by atoms with Crippen LogP contribution in [-0.4, -0.2) is 35.3 Å². The molecule has 0 aliphatic carbocycles. The van der Waals surface area contributed by atoms with Gasteiger partial charge in [-0.15, -0.1) is 0 Å². The van der Waals surface area contributed by atoms with Gasteiger partial charge in [0.05, 0.1) is 14.1 Å². The van der Waals surface area contributed by atoms with Crippen molar-refractivity contribution < 1.29 is 9.59 Å². The zero-order valence-electron chi connectivity index (χ0n) is 9.52. The molecule has 0 saturated heterocycles. The van der Waals surface area contributed by atoms with E-state index in [1.165, 1.54) is 5.56 Å². The third-order valence-corrected chi connectivity index (χ3v) is 3.39. The third-order valence-electron chi connectivity index (χ3n) is 2.50. The SMILES string of the molecule is CC(O)C(Cl)[N+](C)(C)Cc1ccccc1. The van der Waals surface area contributed by atoms with Crippen molar-refractivity contribution in [2.75, 3.05) is 14.1 Å². The first-order valence-electron chi connectivity index (χ1n) is 5.12. The molecule has 0 spiro atoms. The van der Waals surface area contributed by atoms with E-state index in [1.807, 2.05) is 32.3 Å². The summed E-state index contributed by atoms with van der Waals surface area (Å²) >= 11 is 6.18. The van der Waals surface area contributed by atoms with Gasteiger partial charge in [-0.25, -0.2) is 0 Å². The molecule has 0 heterocycles. The molecular weight excluding hydrogens is 210 g/mol. The average molecular weight is 229 g/mol. The second kappa shape index (κ2) is 4.97. The first-order chi connectivity index (χ1) is 6.93. The maximum Gasteiger partial charge on any atom is 0.190 e. The smallest absolute Gasteiger partial charge is 0.190 e. The van der Waals surface area contributed by atoms with Gasteiger partial charge in [-0.2, -0.15) is 0 Å². The van der Waals surface area contributed by atoms with Gasteiger partial charge >= 0.3 is 0 Å². The van der Waals surface area contributed by atoms with Crippen LogP contribution in [0.1, 0.15) is 12.5 Å². The predicted octanol–water partition coefficient (Wildman–Crippen LogP) is 2.21. The second-order valence-electron chi connectivity index (χ2n) is 4.54. The van der Waals surface area contributed by atoms with E-state index < -0.39 is 6.10 Å². The number of likely N-dealkylation sites (N-methyl/N-ethyl adjacent to an activating group) is 1. The van der Waals surface area contributed by atoms with Crippen molar-refractivity contribution in [2.45, 2.75) is 25.1 Å². The van der Waals surface area contributed by atoms with Crippen molar-refractivity contribution in [2.24, 2.45) is 0 Å². The van der Waals surface area contributed by atoms with Crippen LogP contribution >= 0.6 is 11.6 Å². The Morgan fingerprint density at radius 3 is 2.27 bits per heavy atom. The molecule has 0 aliphatic heterocycles. The van der Waals surface area contributed by atoms with Crippen molar-refractivity contribution in [3.05, 3.63) is 35.9 Å². The summed E-state index contributed by atoms with van der Waals surface area (Å²) in [4.78, 5) is 0. The molecule has 1 aromatic carbocycles. The predicted molar refractivity (Wildman–Crippen MR) is 63.6 cm³/mol. The third kappa shape index (κ3) is 3.49. The second-order valence-corrected chi connectivity index (χ2v) is 4.98. The van der Waals surface area contributed by atoms with Crippen molar-refractivity contribution in [3.63, 3.8) is 0 Å². The maximum atomic E-state index is 9.49.